The first-order valence-corrected chi connectivity index (χ1v) is 5.12. The van der Waals surface area contributed by atoms with Crippen LogP contribution in [0.25, 0.3) is 0 Å². The molecule has 2 aromatic rings. The van der Waals surface area contributed by atoms with Gasteiger partial charge in [-0.25, -0.2) is 0 Å². The van der Waals surface area contributed by atoms with Gasteiger partial charge in [0.1, 0.15) is 11.1 Å². The summed E-state index contributed by atoms with van der Waals surface area (Å²) in [6.07, 6.45) is -4.49. The lowest BCUT2D eigenvalue weighted by Gasteiger charge is -2.04. The van der Waals surface area contributed by atoms with E-state index in [0.717, 1.165) is 12.1 Å². The number of ketones is 1. The second-order valence-electron chi connectivity index (χ2n) is 3.67. The fraction of sp³-hybridized carbons (Fsp3) is 0.0909. The maximum Gasteiger partial charge on any atom is 0.421 e. The molecular formula is C11H5F3N2O4. The van der Waals surface area contributed by atoms with Crippen LogP contribution in [0.4, 0.5) is 18.9 Å². The number of carbonyl (C=O) groups is 1. The third-order valence-electron chi connectivity index (χ3n) is 2.43. The van der Waals surface area contributed by atoms with Crippen LogP contribution < -0.4 is 0 Å². The summed E-state index contributed by atoms with van der Waals surface area (Å²) < 4.78 is 42.2. The number of aromatic nitrogens is 1. The minimum atomic E-state index is -4.84. The highest BCUT2D eigenvalue weighted by atomic mass is 19.4. The summed E-state index contributed by atoms with van der Waals surface area (Å²) in [7, 11) is 0. The van der Waals surface area contributed by atoms with Gasteiger partial charge in [0.15, 0.2) is 0 Å². The Bertz CT molecular complexity index is 678. The second kappa shape index (κ2) is 4.76. The van der Waals surface area contributed by atoms with Gasteiger partial charge in [0.05, 0.1) is 11.1 Å². The molecule has 0 N–H and O–H groups in total. The van der Waals surface area contributed by atoms with Crippen molar-refractivity contribution in [3.63, 3.8) is 0 Å². The average Bonchev–Trinajstić information content (AvgIpc) is 2.87. The van der Waals surface area contributed by atoms with E-state index in [9.17, 15) is 28.1 Å². The highest BCUT2D eigenvalue weighted by Gasteiger charge is 2.40. The van der Waals surface area contributed by atoms with Crippen LogP contribution in [0, 0.1) is 10.1 Å². The van der Waals surface area contributed by atoms with Crippen LogP contribution in [0.15, 0.2) is 35.0 Å². The van der Waals surface area contributed by atoms with Gasteiger partial charge in [-0.05, 0) is 6.07 Å². The van der Waals surface area contributed by atoms with Crippen molar-refractivity contribution < 1.29 is 27.4 Å². The van der Waals surface area contributed by atoms with E-state index in [1.165, 1.54) is 12.1 Å². The van der Waals surface area contributed by atoms with Crippen molar-refractivity contribution in [2.75, 3.05) is 0 Å². The first-order valence-electron chi connectivity index (χ1n) is 5.12. The Morgan fingerprint density at radius 3 is 2.55 bits per heavy atom. The summed E-state index contributed by atoms with van der Waals surface area (Å²) in [6, 6.07) is 4.64. The average molecular weight is 286 g/mol. The first-order chi connectivity index (χ1) is 9.32. The van der Waals surface area contributed by atoms with E-state index in [4.69, 9.17) is 0 Å². The fourth-order valence-electron chi connectivity index (χ4n) is 1.55. The normalized spacial score (nSPS) is 11.3. The number of carbonyl (C=O) groups excluding carboxylic acids is 1. The fourth-order valence-corrected chi connectivity index (χ4v) is 1.55. The minimum Gasteiger partial charge on any atom is -0.352 e. The third kappa shape index (κ3) is 2.37. The number of para-hydroxylation sites is 1. The molecular weight excluding hydrogens is 281 g/mol. The van der Waals surface area contributed by atoms with Crippen LogP contribution in [0.3, 0.4) is 0 Å². The SMILES string of the molecule is O=C(c1ccccc1[N+](=O)[O-])c1oncc1C(F)(F)F. The van der Waals surface area contributed by atoms with E-state index >= 15 is 0 Å². The van der Waals surface area contributed by atoms with Crippen LogP contribution in [-0.4, -0.2) is 15.9 Å². The summed E-state index contributed by atoms with van der Waals surface area (Å²) in [5.74, 6) is -2.33. The van der Waals surface area contributed by atoms with Gasteiger partial charge < -0.3 is 4.52 Å². The van der Waals surface area contributed by atoms with Crippen LogP contribution in [0.5, 0.6) is 0 Å². The van der Waals surface area contributed by atoms with Gasteiger partial charge in [-0.3, -0.25) is 14.9 Å². The Hall–Kier alpha value is -2.71. The molecule has 1 heterocycles. The molecule has 0 spiro atoms. The number of benzene rings is 1. The number of nitrogens with zero attached hydrogens (tertiary/aromatic N) is 2. The largest absolute Gasteiger partial charge is 0.421 e. The van der Waals surface area contributed by atoms with Crippen LogP contribution in [-0.2, 0) is 6.18 Å². The highest BCUT2D eigenvalue weighted by Crippen LogP contribution is 2.33. The van der Waals surface area contributed by atoms with Gasteiger partial charge in [-0.2, -0.15) is 13.2 Å². The predicted octanol–water partition coefficient (Wildman–Crippen LogP) is 2.83. The summed E-state index contributed by atoms with van der Waals surface area (Å²) in [5, 5.41) is 13.7. The lowest BCUT2D eigenvalue weighted by molar-refractivity contribution is -0.385. The number of nitro benzene ring substituents is 1. The maximum absolute atomic E-state index is 12.6. The molecule has 0 aliphatic carbocycles. The van der Waals surface area contributed by atoms with Gasteiger partial charge in [-0.15, -0.1) is 0 Å². The van der Waals surface area contributed by atoms with E-state index in [0.29, 0.717) is 6.20 Å². The molecule has 1 aromatic heterocycles. The molecule has 0 atom stereocenters. The Labute approximate surface area is 108 Å². The van der Waals surface area contributed by atoms with E-state index in [1.54, 1.807) is 0 Å². The van der Waals surface area contributed by atoms with Gasteiger partial charge >= 0.3 is 6.18 Å². The Morgan fingerprint density at radius 1 is 1.30 bits per heavy atom. The molecule has 0 saturated carbocycles. The molecule has 0 aliphatic rings. The van der Waals surface area contributed by atoms with Gasteiger partial charge in [0.2, 0.25) is 11.5 Å². The van der Waals surface area contributed by atoms with E-state index in [-0.39, 0.29) is 0 Å². The van der Waals surface area contributed by atoms with Gasteiger partial charge in [-0.1, -0.05) is 17.3 Å². The van der Waals surface area contributed by atoms with Crippen molar-refractivity contribution in [1.82, 2.24) is 5.16 Å². The summed E-state index contributed by atoms with van der Waals surface area (Å²) >= 11 is 0. The molecule has 0 aliphatic heterocycles. The number of halogens is 3. The topological polar surface area (TPSA) is 86.2 Å². The van der Waals surface area contributed by atoms with Crippen LogP contribution >= 0.6 is 0 Å². The molecule has 9 heteroatoms. The minimum absolute atomic E-state index is 0.349. The maximum atomic E-state index is 12.6. The zero-order chi connectivity index (χ0) is 14.9. The Balaban J connectivity index is 2.54. The first kappa shape index (κ1) is 13.7. The zero-order valence-electron chi connectivity index (χ0n) is 9.55. The summed E-state index contributed by atoms with van der Waals surface area (Å²) in [4.78, 5) is 21.9. The molecule has 0 unspecified atom stereocenters. The number of hydrogen-bond donors (Lipinski definition) is 0. The molecule has 104 valence electrons. The van der Waals surface area contributed by atoms with Gasteiger partial charge in [0.25, 0.3) is 5.69 Å². The number of nitro groups is 1. The quantitative estimate of drug-likeness (QED) is 0.492. The standard InChI is InChI=1S/C11H5F3N2O4/c12-11(13,14)7-5-15-20-10(7)9(17)6-3-1-2-4-8(6)16(18)19/h1-5H. The Morgan fingerprint density at radius 2 is 1.95 bits per heavy atom. The summed E-state index contributed by atoms with van der Waals surface area (Å²) in [5.41, 5.74) is -2.48. The van der Waals surface area contributed by atoms with Crippen molar-refractivity contribution in [2.24, 2.45) is 0 Å². The van der Waals surface area contributed by atoms with Crippen molar-refractivity contribution in [2.45, 2.75) is 6.18 Å². The number of alkyl halides is 3. The molecule has 0 bridgehead atoms. The monoisotopic (exact) mass is 286 g/mol. The molecule has 1 aromatic carbocycles. The van der Waals surface area contributed by atoms with Crippen LogP contribution in [0.1, 0.15) is 21.7 Å². The van der Waals surface area contributed by atoms with Crippen molar-refractivity contribution in [1.29, 1.82) is 0 Å². The van der Waals surface area contributed by atoms with Gasteiger partial charge in [0, 0.05) is 6.07 Å². The van der Waals surface area contributed by atoms with Crippen molar-refractivity contribution in [3.8, 4) is 0 Å². The molecule has 2 rings (SSSR count). The Kier molecular flexibility index (Phi) is 3.26. The second-order valence-corrected chi connectivity index (χ2v) is 3.67. The van der Waals surface area contributed by atoms with Crippen molar-refractivity contribution in [3.05, 3.63) is 57.5 Å². The van der Waals surface area contributed by atoms with Crippen molar-refractivity contribution >= 4 is 11.5 Å². The molecule has 0 fully saturated rings. The van der Waals surface area contributed by atoms with Crippen LogP contribution in [0.2, 0.25) is 0 Å². The highest BCUT2D eigenvalue weighted by molar-refractivity contribution is 6.10. The van der Waals surface area contributed by atoms with E-state index < -0.39 is 39.5 Å². The lowest BCUT2D eigenvalue weighted by atomic mass is 10.0. The smallest absolute Gasteiger partial charge is 0.352 e. The zero-order valence-corrected chi connectivity index (χ0v) is 9.55. The molecule has 0 saturated heterocycles. The lowest BCUT2D eigenvalue weighted by Crippen LogP contribution is -2.12. The third-order valence-corrected chi connectivity index (χ3v) is 2.43. The predicted molar refractivity (Wildman–Crippen MR) is 58.0 cm³/mol. The summed E-state index contributed by atoms with van der Waals surface area (Å²) in [6.45, 7) is 0. The number of hydrogen-bond acceptors (Lipinski definition) is 5. The molecule has 0 radical (unpaired) electrons. The van der Waals surface area contributed by atoms with E-state index in [1.807, 2.05) is 0 Å². The number of rotatable bonds is 3. The van der Waals surface area contributed by atoms with E-state index in [2.05, 4.69) is 9.68 Å². The molecule has 6 nitrogen and oxygen atoms in total. The molecule has 20 heavy (non-hydrogen) atoms. The molecule has 0 amide bonds.